The normalized spacial score (nSPS) is 19.4. The summed E-state index contributed by atoms with van der Waals surface area (Å²) >= 11 is 0. The first-order valence-electron chi connectivity index (χ1n) is 9.90. The van der Waals surface area contributed by atoms with E-state index in [9.17, 15) is 16.8 Å². The van der Waals surface area contributed by atoms with E-state index >= 15 is 0 Å². The van der Waals surface area contributed by atoms with E-state index < -0.39 is 25.8 Å². The number of nitriles is 2. The highest BCUT2D eigenvalue weighted by molar-refractivity contribution is 7.89. The molecule has 1 spiro atoms. The van der Waals surface area contributed by atoms with Gasteiger partial charge in [-0.1, -0.05) is 0 Å². The Hall–Kier alpha value is -2.80. The molecule has 0 bridgehead atoms. The van der Waals surface area contributed by atoms with Crippen molar-refractivity contribution in [2.75, 3.05) is 26.2 Å². The molecule has 2 heterocycles. The molecule has 166 valence electrons. The van der Waals surface area contributed by atoms with Crippen LogP contribution in [0.4, 0.5) is 0 Å². The molecule has 11 heteroatoms. The number of hydrogen-bond donors (Lipinski definition) is 0. The van der Waals surface area contributed by atoms with Gasteiger partial charge in [-0.15, -0.1) is 0 Å². The molecule has 0 amide bonds. The van der Waals surface area contributed by atoms with Crippen molar-refractivity contribution in [3.05, 3.63) is 59.7 Å². The van der Waals surface area contributed by atoms with Gasteiger partial charge in [-0.2, -0.15) is 19.1 Å². The van der Waals surface area contributed by atoms with Crippen molar-refractivity contribution in [3.63, 3.8) is 0 Å². The maximum atomic E-state index is 13.3. The third-order valence-electron chi connectivity index (χ3n) is 5.82. The predicted molar refractivity (Wildman–Crippen MR) is 113 cm³/mol. The Morgan fingerprint density at radius 2 is 1.22 bits per heavy atom. The lowest BCUT2D eigenvalue weighted by Crippen LogP contribution is -2.55. The summed E-state index contributed by atoms with van der Waals surface area (Å²) in [6, 6.07) is 15.3. The van der Waals surface area contributed by atoms with E-state index in [0.717, 1.165) is 0 Å². The van der Waals surface area contributed by atoms with Gasteiger partial charge in [0.15, 0.2) is 0 Å². The summed E-state index contributed by atoms with van der Waals surface area (Å²) < 4.78 is 61.0. The summed E-state index contributed by atoms with van der Waals surface area (Å²) in [5.74, 6) is 0. The molecule has 9 nitrogen and oxygen atoms in total. The Morgan fingerprint density at radius 3 is 1.69 bits per heavy atom. The monoisotopic (exact) mass is 472 g/mol. The van der Waals surface area contributed by atoms with E-state index in [1.54, 1.807) is 0 Å². The summed E-state index contributed by atoms with van der Waals surface area (Å²) in [4.78, 5) is 0.149. The van der Waals surface area contributed by atoms with Gasteiger partial charge in [0.05, 0.1) is 39.7 Å². The summed E-state index contributed by atoms with van der Waals surface area (Å²) in [6.45, 7) is 0.589. The Bertz CT molecular complexity index is 1300. The van der Waals surface area contributed by atoms with E-state index in [1.165, 1.54) is 57.1 Å². The molecule has 2 aliphatic heterocycles. The molecule has 0 radical (unpaired) electrons. The molecule has 2 saturated heterocycles. The van der Waals surface area contributed by atoms with Crippen molar-refractivity contribution in [2.45, 2.75) is 28.4 Å². The van der Waals surface area contributed by atoms with Crippen LogP contribution in [0, 0.1) is 22.7 Å². The maximum absolute atomic E-state index is 13.3. The molecular formula is C21H20N4O5S2. The molecule has 2 fully saturated rings. The van der Waals surface area contributed by atoms with Gasteiger partial charge in [-0.25, -0.2) is 16.8 Å². The topological polar surface area (TPSA) is 132 Å². The molecule has 0 N–H and O–H groups in total. The van der Waals surface area contributed by atoms with Gasteiger partial charge in [0, 0.05) is 32.5 Å². The molecule has 32 heavy (non-hydrogen) atoms. The van der Waals surface area contributed by atoms with Crippen LogP contribution in [0.25, 0.3) is 0 Å². The molecule has 2 aromatic carbocycles. The minimum atomic E-state index is -3.88. The van der Waals surface area contributed by atoms with Gasteiger partial charge in [0.2, 0.25) is 20.0 Å². The molecule has 0 unspecified atom stereocenters. The van der Waals surface area contributed by atoms with Gasteiger partial charge >= 0.3 is 0 Å². The first-order valence-corrected chi connectivity index (χ1v) is 12.8. The summed E-state index contributed by atoms with van der Waals surface area (Å²) in [5.41, 5.74) is -0.383. The van der Waals surface area contributed by atoms with Crippen LogP contribution >= 0.6 is 0 Å². The van der Waals surface area contributed by atoms with E-state index in [4.69, 9.17) is 15.3 Å². The minimum absolute atomic E-state index is 0.0639. The summed E-state index contributed by atoms with van der Waals surface area (Å²) in [6.07, 6.45) is 0.385. The maximum Gasteiger partial charge on any atom is 0.245 e. The third kappa shape index (κ3) is 3.79. The number of piperidine rings is 1. The second-order valence-corrected chi connectivity index (χ2v) is 11.3. The van der Waals surface area contributed by atoms with E-state index in [0.29, 0.717) is 11.1 Å². The van der Waals surface area contributed by atoms with E-state index in [2.05, 4.69) is 0 Å². The lowest BCUT2D eigenvalue weighted by Gasteiger charge is -2.42. The van der Waals surface area contributed by atoms with Gasteiger partial charge in [0.25, 0.3) is 0 Å². The van der Waals surface area contributed by atoms with Crippen LogP contribution in [0.3, 0.4) is 0 Å². The smallest absolute Gasteiger partial charge is 0.245 e. The molecule has 4 rings (SSSR count). The largest absolute Gasteiger partial charge is 0.358 e. The lowest BCUT2D eigenvalue weighted by molar-refractivity contribution is -0.0806. The third-order valence-corrected chi connectivity index (χ3v) is 9.69. The second-order valence-electron chi connectivity index (χ2n) is 7.55. The molecule has 0 saturated carbocycles. The lowest BCUT2D eigenvalue weighted by atomic mass is 10.0. The Morgan fingerprint density at radius 1 is 0.750 bits per heavy atom. The van der Waals surface area contributed by atoms with Gasteiger partial charge in [-0.05, 0) is 48.5 Å². The van der Waals surface area contributed by atoms with Crippen LogP contribution in [-0.4, -0.2) is 57.4 Å². The molecule has 0 aliphatic carbocycles. The molecule has 0 aromatic heterocycles. The van der Waals surface area contributed by atoms with Crippen molar-refractivity contribution in [2.24, 2.45) is 0 Å². The Kier molecular flexibility index (Phi) is 5.79. The molecule has 2 aromatic rings. The fourth-order valence-electron chi connectivity index (χ4n) is 4.08. The van der Waals surface area contributed by atoms with Crippen molar-refractivity contribution in [3.8, 4) is 12.1 Å². The van der Waals surface area contributed by atoms with Crippen molar-refractivity contribution in [1.29, 1.82) is 10.5 Å². The first kappa shape index (κ1) is 22.4. The fourth-order valence-corrected chi connectivity index (χ4v) is 7.25. The van der Waals surface area contributed by atoms with Crippen molar-refractivity contribution < 1.29 is 21.6 Å². The number of sulfonamides is 2. The van der Waals surface area contributed by atoms with Crippen LogP contribution in [0.2, 0.25) is 0 Å². The SMILES string of the molecule is N#Cc1ccc(S(=O)(=O)N2CCC3(CC2)OCCN3S(=O)(=O)c2ccc(C#N)cc2)cc1. The predicted octanol–water partition coefficient (Wildman–Crippen LogP) is 1.63. The van der Waals surface area contributed by atoms with Crippen LogP contribution in [-0.2, 0) is 24.8 Å². The first-order chi connectivity index (χ1) is 15.2. The standard InChI is InChI=1S/C21H20N4O5S2/c22-15-17-1-5-19(6-2-17)31(26,27)24-11-9-21(10-12-24)25(13-14-30-21)32(28,29)20-7-3-18(16-23)4-8-20/h1-8H,9-14H2. The Balaban J connectivity index is 1.54. The summed E-state index contributed by atoms with van der Waals surface area (Å²) in [5, 5.41) is 17.8. The zero-order valence-corrected chi connectivity index (χ0v) is 18.6. The highest BCUT2D eigenvalue weighted by Crippen LogP contribution is 2.39. The highest BCUT2D eigenvalue weighted by Gasteiger charge is 2.51. The average Bonchev–Trinajstić information content (AvgIpc) is 3.23. The molecular weight excluding hydrogens is 452 g/mol. The minimum Gasteiger partial charge on any atom is -0.358 e. The number of nitrogens with zero attached hydrogens (tertiary/aromatic N) is 4. The van der Waals surface area contributed by atoms with Crippen LogP contribution in [0.1, 0.15) is 24.0 Å². The quantitative estimate of drug-likeness (QED) is 0.661. The zero-order valence-electron chi connectivity index (χ0n) is 17.0. The fraction of sp³-hybridized carbons (Fsp3) is 0.333. The van der Waals surface area contributed by atoms with Gasteiger partial charge in [-0.3, -0.25) is 0 Å². The number of hydrogen-bond acceptors (Lipinski definition) is 7. The number of ether oxygens (including phenoxy) is 1. The summed E-state index contributed by atoms with van der Waals surface area (Å²) in [7, 11) is -7.66. The molecule has 2 aliphatic rings. The van der Waals surface area contributed by atoms with Gasteiger partial charge < -0.3 is 4.74 Å². The van der Waals surface area contributed by atoms with Crippen LogP contribution < -0.4 is 0 Å². The number of rotatable bonds is 4. The Labute approximate surface area is 187 Å². The van der Waals surface area contributed by atoms with Crippen LogP contribution in [0.5, 0.6) is 0 Å². The van der Waals surface area contributed by atoms with Crippen molar-refractivity contribution >= 4 is 20.0 Å². The van der Waals surface area contributed by atoms with E-state index in [1.807, 2.05) is 12.1 Å². The second kappa shape index (κ2) is 8.28. The van der Waals surface area contributed by atoms with E-state index in [-0.39, 0.29) is 48.9 Å². The van der Waals surface area contributed by atoms with Crippen molar-refractivity contribution in [1.82, 2.24) is 8.61 Å². The zero-order chi connectivity index (χ0) is 23.0. The number of benzene rings is 2. The average molecular weight is 473 g/mol. The highest BCUT2D eigenvalue weighted by atomic mass is 32.2. The van der Waals surface area contributed by atoms with Crippen LogP contribution in [0.15, 0.2) is 58.3 Å². The van der Waals surface area contributed by atoms with Gasteiger partial charge in [0.1, 0.15) is 5.72 Å². The molecule has 0 atom stereocenters.